The molecule has 11 heavy (non-hydrogen) atoms. The van der Waals surface area contributed by atoms with E-state index in [1.807, 2.05) is 7.05 Å². The normalized spacial score (nSPS) is 16.4. The molecule has 1 rings (SSSR count). The van der Waals surface area contributed by atoms with E-state index in [1.54, 1.807) is 24.0 Å². The van der Waals surface area contributed by atoms with Gasteiger partial charge in [0.25, 0.3) is 0 Å². The van der Waals surface area contributed by atoms with E-state index in [0.29, 0.717) is 5.69 Å². The van der Waals surface area contributed by atoms with Gasteiger partial charge >= 0.3 is 0 Å². The summed E-state index contributed by atoms with van der Waals surface area (Å²) >= 11 is 0. The highest BCUT2D eigenvalue weighted by Gasteiger charge is 2.13. The lowest BCUT2D eigenvalue weighted by Crippen LogP contribution is -2.24. The molecule has 0 saturated carbocycles. The van der Waals surface area contributed by atoms with Crippen LogP contribution in [0.3, 0.4) is 0 Å². The molecule has 2 atom stereocenters. The molecule has 1 aromatic rings. The summed E-state index contributed by atoms with van der Waals surface area (Å²) in [4.78, 5) is 3.97. The van der Waals surface area contributed by atoms with Crippen LogP contribution in [0.4, 0.5) is 0 Å². The van der Waals surface area contributed by atoms with E-state index in [2.05, 4.69) is 4.98 Å². The number of aliphatic hydroxyl groups is 1. The van der Waals surface area contributed by atoms with Crippen molar-refractivity contribution in [2.75, 3.05) is 0 Å². The third-order valence-corrected chi connectivity index (χ3v) is 1.53. The van der Waals surface area contributed by atoms with Gasteiger partial charge < -0.3 is 15.4 Å². The molecular formula is C7H13N3O. The van der Waals surface area contributed by atoms with Gasteiger partial charge in [0.05, 0.1) is 12.0 Å². The molecule has 2 unspecified atom stereocenters. The highest BCUT2D eigenvalue weighted by Crippen LogP contribution is 2.11. The molecule has 1 aromatic heterocycles. The molecule has 62 valence electrons. The summed E-state index contributed by atoms with van der Waals surface area (Å²) in [6.07, 6.45) is 2.74. The lowest BCUT2D eigenvalue weighted by molar-refractivity contribution is 0.149. The average Bonchev–Trinajstić information content (AvgIpc) is 2.34. The molecule has 0 radical (unpaired) electrons. The average molecular weight is 155 g/mol. The first-order chi connectivity index (χ1) is 5.11. The van der Waals surface area contributed by atoms with Crippen LogP contribution in [0.5, 0.6) is 0 Å². The summed E-state index contributed by atoms with van der Waals surface area (Å²) in [5.41, 5.74) is 6.11. The lowest BCUT2D eigenvalue weighted by Gasteiger charge is -2.10. The molecule has 4 heteroatoms. The molecule has 0 aliphatic carbocycles. The van der Waals surface area contributed by atoms with Crippen LogP contribution in [0, 0.1) is 0 Å². The molecule has 0 bridgehead atoms. The molecular weight excluding hydrogens is 142 g/mol. The minimum atomic E-state index is -0.656. The van der Waals surface area contributed by atoms with Crippen molar-refractivity contribution in [1.29, 1.82) is 0 Å². The molecule has 1 heterocycles. The maximum Gasteiger partial charge on any atom is 0.112 e. The number of hydrogen-bond acceptors (Lipinski definition) is 3. The summed E-state index contributed by atoms with van der Waals surface area (Å²) in [7, 11) is 1.85. The second kappa shape index (κ2) is 3.02. The van der Waals surface area contributed by atoms with E-state index in [-0.39, 0.29) is 6.04 Å². The number of aromatic nitrogens is 2. The van der Waals surface area contributed by atoms with Crippen LogP contribution in [-0.4, -0.2) is 20.7 Å². The molecule has 0 aromatic carbocycles. The van der Waals surface area contributed by atoms with Gasteiger partial charge in [0.15, 0.2) is 0 Å². The van der Waals surface area contributed by atoms with Crippen LogP contribution in [0.15, 0.2) is 12.5 Å². The van der Waals surface area contributed by atoms with E-state index >= 15 is 0 Å². The predicted octanol–water partition coefficient (Wildman–Crippen LogP) is -0.199. The van der Waals surface area contributed by atoms with E-state index in [4.69, 9.17) is 5.73 Å². The molecule has 0 aliphatic rings. The number of nitrogens with two attached hydrogens (primary N) is 1. The highest BCUT2D eigenvalue weighted by molar-refractivity contribution is 5.02. The first kappa shape index (κ1) is 8.23. The standard InChI is InChI=1S/C7H13N3O/c1-5(8)7(11)6-3-10(2)4-9-6/h3-5,7,11H,8H2,1-2H3. The number of hydrogen-bond donors (Lipinski definition) is 2. The Hall–Kier alpha value is -0.870. The van der Waals surface area contributed by atoms with E-state index in [9.17, 15) is 5.11 Å². The van der Waals surface area contributed by atoms with Crippen LogP contribution in [-0.2, 0) is 7.05 Å². The summed E-state index contributed by atoms with van der Waals surface area (Å²) < 4.78 is 1.78. The Morgan fingerprint density at radius 2 is 2.36 bits per heavy atom. The van der Waals surface area contributed by atoms with Crippen molar-refractivity contribution < 1.29 is 5.11 Å². The minimum Gasteiger partial charge on any atom is -0.385 e. The SMILES string of the molecule is CC(N)C(O)c1cn(C)cn1. The van der Waals surface area contributed by atoms with Crippen molar-refractivity contribution in [2.24, 2.45) is 12.8 Å². The van der Waals surface area contributed by atoms with Crippen molar-refractivity contribution in [3.63, 3.8) is 0 Å². The largest absolute Gasteiger partial charge is 0.385 e. The van der Waals surface area contributed by atoms with E-state index in [0.717, 1.165) is 0 Å². The summed E-state index contributed by atoms with van der Waals surface area (Å²) in [6, 6.07) is -0.273. The smallest absolute Gasteiger partial charge is 0.112 e. The van der Waals surface area contributed by atoms with Gasteiger partial charge in [-0.1, -0.05) is 0 Å². The molecule has 0 amide bonds. The summed E-state index contributed by atoms with van der Waals surface area (Å²) in [5.74, 6) is 0. The number of aryl methyl sites for hydroxylation is 1. The Labute approximate surface area is 65.7 Å². The van der Waals surface area contributed by atoms with Gasteiger partial charge in [0, 0.05) is 19.3 Å². The highest BCUT2D eigenvalue weighted by atomic mass is 16.3. The summed E-state index contributed by atoms with van der Waals surface area (Å²) in [6.45, 7) is 1.75. The Bertz CT molecular complexity index is 231. The fourth-order valence-electron chi connectivity index (χ4n) is 0.855. The maximum atomic E-state index is 9.41. The third-order valence-electron chi connectivity index (χ3n) is 1.53. The van der Waals surface area contributed by atoms with Crippen molar-refractivity contribution >= 4 is 0 Å². The first-order valence-electron chi connectivity index (χ1n) is 3.52. The quantitative estimate of drug-likeness (QED) is 0.621. The topological polar surface area (TPSA) is 64.1 Å². The Kier molecular flexibility index (Phi) is 2.26. The zero-order valence-electron chi connectivity index (χ0n) is 6.73. The van der Waals surface area contributed by atoms with Crippen molar-refractivity contribution in [2.45, 2.75) is 19.1 Å². The van der Waals surface area contributed by atoms with Crippen molar-refractivity contribution in [3.8, 4) is 0 Å². The Morgan fingerprint density at radius 1 is 1.73 bits per heavy atom. The van der Waals surface area contributed by atoms with Gasteiger partial charge in [-0.05, 0) is 6.92 Å². The lowest BCUT2D eigenvalue weighted by atomic mass is 10.1. The van der Waals surface area contributed by atoms with Crippen molar-refractivity contribution in [3.05, 3.63) is 18.2 Å². The molecule has 0 fully saturated rings. The van der Waals surface area contributed by atoms with Gasteiger partial charge in [0.1, 0.15) is 6.10 Å². The zero-order valence-corrected chi connectivity index (χ0v) is 6.73. The first-order valence-corrected chi connectivity index (χ1v) is 3.52. The van der Waals surface area contributed by atoms with Crippen LogP contribution in [0.25, 0.3) is 0 Å². The second-order valence-corrected chi connectivity index (χ2v) is 2.77. The van der Waals surface area contributed by atoms with Gasteiger partial charge in [-0.25, -0.2) is 4.98 Å². The fourth-order valence-corrected chi connectivity index (χ4v) is 0.855. The van der Waals surface area contributed by atoms with Gasteiger partial charge in [0.2, 0.25) is 0 Å². The fraction of sp³-hybridized carbons (Fsp3) is 0.571. The van der Waals surface area contributed by atoms with E-state index < -0.39 is 6.10 Å². The zero-order chi connectivity index (χ0) is 8.43. The number of nitrogens with zero attached hydrogens (tertiary/aromatic N) is 2. The minimum absolute atomic E-state index is 0.273. The van der Waals surface area contributed by atoms with Gasteiger partial charge in [-0.2, -0.15) is 0 Å². The van der Waals surface area contributed by atoms with Crippen LogP contribution in [0.1, 0.15) is 18.7 Å². The van der Waals surface area contributed by atoms with Crippen LogP contribution in [0.2, 0.25) is 0 Å². The van der Waals surface area contributed by atoms with Gasteiger partial charge in [-0.15, -0.1) is 0 Å². The number of aliphatic hydroxyl groups excluding tert-OH is 1. The maximum absolute atomic E-state index is 9.41. The summed E-state index contributed by atoms with van der Waals surface area (Å²) in [5, 5.41) is 9.41. The Balaban J connectivity index is 2.76. The van der Waals surface area contributed by atoms with Crippen molar-refractivity contribution in [1.82, 2.24) is 9.55 Å². The van der Waals surface area contributed by atoms with Gasteiger partial charge in [-0.3, -0.25) is 0 Å². The molecule has 0 aliphatic heterocycles. The van der Waals surface area contributed by atoms with E-state index in [1.165, 1.54) is 0 Å². The number of imidazole rings is 1. The second-order valence-electron chi connectivity index (χ2n) is 2.77. The van der Waals surface area contributed by atoms with Crippen LogP contribution < -0.4 is 5.73 Å². The molecule has 0 saturated heterocycles. The van der Waals surface area contributed by atoms with Crippen LogP contribution >= 0.6 is 0 Å². The number of rotatable bonds is 2. The third kappa shape index (κ3) is 1.78. The molecule has 3 N–H and O–H groups in total. The predicted molar refractivity (Wildman–Crippen MR) is 41.8 cm³/mol. The Morgan fingerprint density at radius 3 is 2.73 bits per heavy atom. The molecule has 4 nitrogen and oxygen atoms in total. The monoisotopic (exact) mass is 155 g/mol. The molecule has 0 spiro atoms.